The Morgan fingerprint density at radius 2 is 2.00 bits per heavy atom. The van der Waals surface area contributed by atoms with E-state index in [9.17, 15) is 9.59 Å². The molecule has 0 saturated carbocycles. The quantitative estimate of drug-likeness (QED) is 0.872. The van der Waals surface area contributed by atoms with E-state index in [1.165, 1.54) is 0 Å². The highest BCUT2D eigenvalue weighted by Gasteiger charge is 2.48. The molecule has 1 aliphatic heterocycles. The van der Waals surface area contributed by atoms with Crippen LogP contribution < -0.4 is 5.32 Å². The molecule has 1 aromatic carbocycles. The van der Waals surface area contributed by atoms with Crippen LogP contribution in [0.25, 0.3) is 0 Å². The predicted molar refractivity (Wildman–Crippen MR) is 72.1 cm³/mol. The zero-order valence-corrected chi connectivity index (χ0v) is 11.5. The average Bonchev–Trinajstić information content (AvgIpc) is 2.55. The van der Waals surface area contributed by atoms with Gasteiger partial charge in [0.25, 0.3) is 5.91 Å². The maximum Gasteiger partial charge on any atom is 0.325 e. The number of hydrogen-bond donors (Lipinski definition) is 1. The van der Waals surface area contributed by atoms with Gasteiger partial charge >= 0.3 is 6.03 Å². The van der Waals surface area contributed by atoms with Crippen LogP contribution in [0.1, 0.15) is 12.5 Å². The Hall–Kier alpha value is -1.62. The summed E-state index contributed by atoms with van der Waals surface area (Å²) in [5, 5.41) is 2.73. The number of hydrogen-bond acceptors (Lipinski definition) is 2. The fraction of sp³-hybridized carbons (Fsp3) is 0.231. The zero-order valence-electron chi connectivity index (χ0n) is 9.94. The zero-order chi connectivity index (χ0) is 13.3. The lowest BCUT2D eigenvalue weighted by Crippen LogP contribution is -2.40. The first-order chi connectivity index (χ1) is 8.45. The van der Waals surface area contributed by atoms with Gasteiger partial charge in [-0.05, 0) is 12.5 Å². The average molecular weight is 309 g/mol. The molecular weight excluding hydrogens is 296 g/mol. The van der Waals surface area contributed by atoms with E-state index in [1.807, 2.05) is 30.3 Å². The monoisotopic (exact) mass is 308 g/mol. The highest BCUT2D eigenvalue weighted by atomic mass is 79.9. The Kier molecular flexibility index (Phi) is 3.26. The molecule has 2 rings (SSSR count). The van der Waals surface area contributed by atoms with Gasteiger partial charge in [0.1, 0.15) is 5.54 Å². The number of benzene rings is 1. The van der Waals surface area contributed by atoms with Crippen molar-refractivity contribution in [1.82, 2.24) is 10.2 Å². The second-order valence-electron chi connectivity index (χ2n) is 4.33. The third-order valence-electron chi connectivity index (χ3n) is 2.96. The Balaban J connectivity index is 2.35. The summed E-state index contributed by atoms with van der Waals surface area (Å²) in [5.74, 6) is -0.265. The van der Waals surface area contributed by atoms with Gasteiger partial charge in [-0.15, -0.1) is 0 Å². The highest BCUT2D eigenvalue weighted by Crippen LogP contribution is 2.29. The SMILES string of the molecule is C=C(Br)CN1C(=O)NC(C)(c2ccccc2)C1=O. The van der Waals surface area contributed by atoms with Gasteiger partial charge in [0, 0.05) is 4.48 Å². The molecule has 1 N–H and O–H groups in total. The maximum atomic E-state index is 12.4. The van der Waals surface area contributed by atoms with Crippen molar-refractivity contribution in [3.8, 4) is 0 Å². The third kappa shape index (κ3) is 2.06. The van der Waals surface area contributed by atoms with Gasteiger partial charge in [-0.3, -0.25) is 9.69 Å². The molecule has 1 saturated heterocycles. The molecule has 1 aliphatic rings. The van der Waals surface area contributed by atoms with Gasteiger partial charge in [0.15, 0.2) is 0 Å². The van der Waals surface area contributed by atoms with Crippen LogP contribution in [0.5, 0.6) is 0 Å². The summed E-state index contributed by atoms with van der Waals surface area (Å²) in [5.41, 5.74) is -0.230. The van der Waals surface area contributed by atoms with E-state index in [1.54, 1.807) is 6.92 Å². The van der Waals surface area contributed by atoms with Crippen molar-refractivity contribution in [2.75, 3.05) is 6.54 Å². The molecule has 0 spiro atoms. The lowest BCUT2D eigenvalue weighted by atomic mass is 9.92. The molecular formula is C13H13BrN2O2. The molecule has 3 amide bonds. The summed E-state index contributed by atoms with van der Waals surface area (Å²) < 4.78 is 0.586. The van der Waals surface area contributed by atoms with E-state index in [2.05, 4.69) is 27.8 Å². The maximum absolute atomic E-state index is 12.4. The molecule has 1 atom stereocenters. The van der Waals surface area contributed by atoms with E-state index in [4.69, 9.17) is 0 Å². The number of amides is 3. The van der Waals surface area contributed by atoms with E-state index in [-0.39, 0.29) is 12.5 Å². The van der Waals surface area contributed by atoms with Gasteiger partial charge in [-0.1, -0.05) is 52.8 Å². The van der Waals surface area contributed by atoms with Crippen LogP contribution in [0.15, 0.2) is 41.4 Å². The summed E-state index contributed by atoms with van der Waals surface area (Å²) in [7, 11) is 0. The van der Waals surface area contributed by atoms with E-state index < -0.39 is 11.6 Å². The largest absolute Gasteiger partial charge is 0.325 e. The molecule has 1 fully saturated rings. The third-order valence-corrected chi connectivity index (χ3v) is 3.21. The van der Waals surface area contributed by atoms with Gasteiger partial charge < -0.3 is 5.32 Å². The topological polar surface area (TPSA) is 49.4 Å². The number of nitrogens with one attached hydrogen (secondary N) is 1. The van der Waals surface area contributed by atoms with E-state index in [0.717, 1.165) is 10.5 Å². The first-order valence-corrected chi connectivity index (χ1v) is 6.27. The summed E-state index contributed by atoms with van der Waals surface area (Å²) in [6.07, 6.45) is 0. The standard InChI is InChI=1S/C13H13BrN2O2/c1-9(14)8-16-11(17)13(2,15-12(16)18)10-6-4-3-5-7-10/h3-7H,1,8H2,2H3,(H,15,18). The van der Waals surface area contributed by atoms with Crippen molar-refractivity contribution in [2.24, 2.45) is 0 Å². The number of rotatable bonds is 3. The second kappa shape index (κ2) is 4.57. The fourth-order valence-electron chi connectivity index (χ4n) is 1.98. The van der Waals surface area contributed by atoms with Crippen LogP contribution in [0.3, 0.4) is 0 Å². The molecule has 0 bridgehead atoms. The molecule has 0 aliphatic carbocycles. The number of urea groups is 1. The molecule has 1 heterocycles. The summed E-state index contributed by atoms with van der Waals surface area (Å²) in [4.78, 5) is 25.4. The molecule has 94 valence electrons. The number of carbonyl (C=O) groups excluding carboxylic acids is 2. The highest BCUT2D eigenvalue weighted by molar-refractivity contribution is 9.11. The fourth-order valence-corrected chi connectivity index (χ4v) is 2.23. The smallest absolute Gasteiger partial charge is 0.319 e. The molecule has 1 unspecified atom stereocenters. The summed E-state index contributed by atoms with van der Waals surface area (Å²) in [6.45, 7) is 5.53. The van der Waals surface area contributed by atoms with Crippen molar-refractivity contribution in [1.29, 1.82) is 0 Å². The van der Waals surface area contributed by atoms with Crippen LogP contribution in [0, 0.1) is 0 Å². The Morgan fingerprint density at radius 1 is 1.39 bits per heavy atom. The van der Waals surface area contributed by atoms with E-state index >= 15 is 0 Å². The Bertz CT molecular complexity index is 515. The molecule has 0 aromatic heterocycles. The first-order valence-electron chi connectivity index (χ1n) is 5.48. The van der Waals surface area contributed by atoms with Crippen LogP contribution in [-0.4, -0.2) is 23.4 Å². The molecule has 4 nitrogen and oxygen atoms in total. The summed E-state index contributed by atoms with van der Waals surface area (Å²) >= 11 is 3.16. The summed E-state index contributed by atoms with van der Waals surface area (Å²) in [6, 6.07) is 8.80. The second-order valence-corrected chi connectivity index (χ2v) is 5.45. The predicted octanol–water partition coefficient (Wildman–Crippen LogP) is 2.36. The Labute approximate surface area is 114 Å². The normalized spacial score (nSPS) is 23.1. The minimum Gasteiger partial charge on any atom is -0.319 e. The van der Waals surface area contributed by atoms with E-state index in [0.29, 0.717) is 4.48 Å². The van der Waals surface area contributed by atoms with Gasteiger partial charge in [-0.25, -0.2) is 4.79 Å². The van der Waals surface area contributed by atoms with Crippen molar-refractivity contribution in [2.45, 2.75) is 12.5 Å². The van der Waals surface area contributed by atoms with Crippen molar-refractivity contribution < 1.29 is 9.59 Å². The van der Waals surface area contributed by atoms with Crippen LogP contribution in [-0.2, 0) is 10.3 Å². The van der Waals surface area contributed by atoms with Crippen LogP contribution in [0.4, 0.5) is 4.79 Å². The Morgan fingerprint density at radius 3 is 2.56 bits per heavy atom. The number of halogens is 1. The minimum atomic E-state index is -0.999. The number of imide groups is 1. The lowest BCUT2D eigenvalue weighted by Gasteiger charge is -2.22. The van der Waals surface area contributed by atoms with Gasteiger partial charge in [0.05, 0.1) is 6.54 Å². The van der Waals surface area contributed by atoms with Crippen LogP contribution >= 0.6 is 15.9 Å². The number of nitrogens with zero attached hydrogens (tertiary/aromatic N) is 1. The first kappa shape index (κ1) is 12.8. The van der Waals surface area contributed by atoms with Crippen molar-refractivity contribution in [3.63, 3.8) is 0 Å². The molecule has 0 radical (unpaired) electrons. The van der Waals surface area contributed by atoms with Gasteiger partial charge in [-0.2, -0.15) is 0 Å². The van der Waals surface area contributed by atoms with Gasteiger partial charge in [0.2, 0.25) is 0 Å². The van der Waals surface area contributed by atoms with Crippen molar-refractivity contribution in [3.05, 3.63) is 47.0 Å². The molecule has 1 aromatic rings. The molecule has 18 heavy (non-hydrogen) atoms. The number of carbonyl (C=O) groups is 2. The minimum absolute atomic E-state index is 0.174. The lowest BCUT2D eigenvalue weighted by molar-refractivity contribution is -0.130. The molecule has 5 heteroatoms. The van der Waals surface area contributed by atoms with Crippen LogP contribution in [0.2, 0.25) is 0 Å². The van der Waals surface area contributed by atoms with Crippen molar-refractivity contribution >= 4 is 27.9 Å².